The molecule has 2 rings (SSSR count). The van der Waals surface area contributed by atoms with Crippen LogP contribution in [0.5, 0.6) is 0 Å². The number of nitrogens with one attached hydrogen (secondary N) is 1. The fourth-order valence-electron chi connectivity index (χ4n) is 1.86. The quantitative estimate of drug-likeness (QED) is 0.862. The molecule has 0 saturated carbocycles. The predicted octanol–water partition coefficient (Wildman–Crippen LogP) is 3.16. The summed E-state index contributed by atoms with van der Waals surface area (Å²) in [6, 6.07) is 17.5. The molecule has 0 saturated heterocycles. The van der Waals surface area contributed by atoms with E-state index >= 15 is 0 Å². The highest BCUT2D eigenvalue weighted by atomic mass is 16.4. The smallest absolute Gasteiger partial charge is 0.325 e. The molecule has 0 heterocycles. The summed E-state index contributed by atoms with van der Waals surface area (Å²) in [5.41, 5.74) is 3.30. The Hall–Kier alpha value is -2.29. The van der Waals surface area contributed by atoms with Crippen molar-refractivity contribution in [2.75, 3.05) is 5.32 Å². The van der Waals surface area contributed by atoms with Crippen LogP contribution in [0.1, 0.15) is 18.1 Å². The normalized spacial score (nSPS) is 11.8. The molecular formula is C16H17NO2. The Morgan fingerprint density at radius 3 is 2.21 bits per heavy atom. The molecule has 0 amide bonds. The van der Waals surface area contributed by atoms with Crippen LogP contribution in [0.3, 0.4) is 0 Å². The molecule has 2 aromatic rings. The average molecular weight is 255 g/mol. The molecule has 0 fully saturated rings. The largest absolute Gasteiger partial charge is 0.480 e. The highest BCUT2D eigenvalue weighted by Gasteiger charge is 2.09. The van der Waals surface area contributed by atoms with Gasteiger partial charge in [0.1, 0.15) is 6.04 Å². The fraction of sp³-hybridized carbons (Fsp3) is 0.188. The zero-order chi connectivity index (χ0) is 13.7. The molecule has 2 N–H and O–H groups in total. The van der Waals surface area contributed by atoms with Gasteiger partial charge in [-0.25, -0.2) is 0 Å². The van der Waals surface area contributed by atoms with Crippen LogP contribution in [0.15, 0.2) is 54.6 Å². The zero-order valence-corrected chi connectivity index (χ0v) is 10.8. The van der Waals surface area contributed by atoms with Crippen molar-refractivity contribution in [2.24, 2.45) is 0 Å². The van der Waals surface area contributed by atoms with E-state index in [9.17, 15) is 4.79 Å². The highest BCUT2D eigenvalue weighted by Crippen LogP contribution is 2.14. The van der Waals surface area contributed by atoms with Crippen LogP contribution in [0.4, 0.5) is 5.69 Å². The molecule has 0 aliphatic carbocycles. The summed E-state index contributed by atoms with van der Waals surface area (Å²) in [6.45, 7) is 1.63. The van der Waals surface area contributed by atoms with Gasteiger partial charge in [-0.05, 0) is 36.6 Å². The standard InChI is InChI=1S/C16H17NO2/c1-12(16(18)19)17-15-9-7-14(8-10-15)11-13-5-3-2-4-6-13/h2-10,12,17H,11H2,1H3,(H,18,19)/t12-/m0/s1. The third kappa shape index (κ3) is 3.85. The number of carbonyl (C=O) groups is 1. The molecule has 0 spiro atoms. The maximum absolute atomic E-state index is 10.7. The van der Waals surface area contributed by atoms with Gasteiger partial charge in [0.2, 0.25) is 0 Å². The first-order valence-corrected chi connectivity index (χ1v) is 6.27. The SMILES string of the molecule is C[C@H](Nc1ccc(Cc2ccccc2)cc1)C(=O)O. The van der Waals surface area contributed by atoms with Crippen LogP contribution in [0.2, 0.25) is 0 Å². The third-order valence-electron chi connectivity index (χ3n) is 2.96. The first-order chi connectivity index (χ1) is 9.15. The zero-order valence-electron chi connectivity index (χ0n) is 10.8. The summed E-state index contributed by atoms with van der Waals surface area (Å²) in [6.07, 6.45) is 0.885. The van der Waals surface area contributed by atoms with E-state index in [0.717, 1.165) is 12.1 Å². The molecule has 98 valence electrons. The molecule has 19 heavy (non-hydrogen) atoms. The van der Waals surface area contributed by atoms with E-state index in [-0.39, 0.29) is 0 Å². The van der Waals surface area contributed by atoms with Crippen LogP contribution in [-0.2, 0) is 11.2 Å². The van der Waals surface area contributed by atoms with Crippen molar-refractivity contribution in [2.45, 2.75) is 19.4 Å². The first kappa shape index (κ1) is 13.1. The number of carboxylic acid groups (broad SMARTS) is 1. The van der Waals surface area contributed by atoms with Crippen LogP contribution >= 0.6 is 0 Å². The topological polar surface area (TPSA) is 49.3 Å². The van der Waals surface area contributed by atoms with E-state index in [1.54, 1.807) is 6.92 Å². The summed E-state index contributed by atoms with van der Waals surface area (Å²) in [7, 11) is 0. The maximum atomic E-state index is 10.7. The average Bonchev–Trinajstić information content (AvgIpc) is 2.42. The molecule has 2 aromatic carbocycles. The third-order valence-corrected chi connectivity index (χ3v) is 2.96. The predicted molar refractivity (Wildman–Crippen MR) is 76.4 cm³/mol. The lowest BCUT2D eigenvalue weighted by Crippen LogP contribution is -2.25. The van der Waals surface area contributed by atoms with Crippen molar-refractivity contribution < 1.29 is 9.90 Å². The number of hydrogen-bond acceptors (Lipinski definition) is 2. The molecule has 0 bridgehead atoms. The monoisotopic (exact) mass is 255 g/mol. The number of anilines is 1. The van der Waals surface area contributed by atoms with Gasteiger partial charge < -0.3 is 10.4 Å². The molecule has 3 heteroatoms. The number of rotatable bonds is 5. The second kappa shape index (κ2) is 6.05. The minimum atomic E-state index is -0.853. The lowest BCUT2D eigenvalue weighted by atomic mass is 10.0. The summed E-state index contributed by atoms with van der Waals surface area (Å²) in [4.78, 5) is 10.7. The molecule has 0 radical (unpaired) electrons. The van der Waals surface area contributed by atoms with Crippen molar-refractivity contribution in [3.63, 3.8) is 0 Å². The summed E-state index contributed by atoms with van der Waals surface area (Å²) < 4.78 is 0. The molecule has 0 aromatic heterocycles. The second-order valence-corrected chi connectivity index (χ2v) is 4.56. The van der Waals surface area contributed by atoms with E-state index in [0.29, 0.717) is 0 Å². The van der Waals surface area contributed by atoms with Gasteiger partial charge in [-0.1, -0.05) is 42.5 Å². The van der Waals surface area contributed by atoms with E-state index in [1.807, 2.05) is 42.5 Å². The number of carboxylic acids is 1. The lowest BCUT2D eigenvalue weighted by molar-refractivity contribution is -0.137. The summed E-state index contributed by atoms with van der Waals surface area (Å²) in [5.74, 6) is -0.853. The van der Waals surface area contributed by atoms with Crippen molar-refractivity contribution in [3.05, 3.63) is 65.7 Å². The molecule has 0 unspecified atom stereocenters. The van der Waals surface area contributed by atoms with E-state index in [4.69, 9.17) is 5.11 Å². The lowest BCUT2D eigenvalue weighted by Gasteiger charge is -2.11. The Bertz CT molecular complexity index is 534. The number of hydrogen-bond donors (Lipinski definition) is 2. The first-order valence-electron chi connectivity index (χ1n) is 6.27. The Morgan fingerprint density at radius 2 is 1.63 bits per heavy atom. The number of benzene rings is 2. The van der Waals surface area contributed by atoms with Crippen LogP contribution in [0, 0.1) is 0 Å². The van der Waals surface area contributed by atoms with Gasteiger partial charge in [-0.15, -0.1) is 0 Å². The molecule has 3 nitrogen and oxygen atoms in total. The Balaban J connectivity index is 2.01. The van der Waals surface area contributed by atoms with Gasteiger partial charge in [-0.2, -0.15) is 0 Å². The second-order valence-electron chi connectivity index (χ2n) is 4.56. The molecule has 0 aliphatic rings. The van der Waals surface area contributed by atoms with Gasteiger partial charge in [0.05, 0.1) is 0 Å². The molecule has 1 atom stereocenters. The van der Waals surface area contributed by atoms with Crippen LogP contribution in [0.25, 0.3) is 0 Å². The Labute approximate surface area is 112 Å². The van der Waals surface area contributed by atoms with Gasteiger partial charge in [0, 0.05) is 5.69 Å². The molecular weight excluding hydrogens is 238 g/mol. The van der Waals surface area contributed by atoms with Crippen molar-refractivity contribution in [3.8, 4) is 0 Å². The van der Waals surface area contributed by atoms with Gasteiger partial charge >= 0.3 is 5.97 Å². The van der Waals surface area contributed by atoms with E-state index in [1.165, 1.54) is 11.1 Å². The maximum Gasteiger partial charge on any atom is 0.325 e. The van der Waals surface area contributed by atoms with Crippen molar-refractivity contribution in [1.82, 2.24) is 0 Å². The number of aliphatic carboxylic acids is 1. The highest BCUT2D eigenvalue weighted by molar-refractivity contribution is 5.76. The summed E-state index contributed by atoms with van der Waals surface area (Å²) >= 11 is 0. The van der Waals surface area contributed by atoms with Gasteiger partial charge in [0.25, 0.3) is 0 Å². The van der Waals surface area contributed by atoms with E-state index in [2.05, 4.69) is 17.4 Å². The van der Waals surface area contributed by atoms with E-state index < -0.39 is 12.0 Å². The summed E-state index contributed by atoms with van der Waals surface area (Å²) in [5, 5.41) is 11.8. The minimum absolute atomic E-state index is 0.583. The fourth-order valence-corrected chi connectivity index (χ4v) is 1.86. The van der Waals surface area contributed by atoms with Gasteiger partial charge in [0.15, 0.2) is 0 Å². The van der Waals surface area contributed by atoms with Crippen LogP contribution < -0.4 is 5.32 Å². The molecule has 0 aliphatic heterocycles. The Morgan fingerprint density at radius 1 is 1.05 bits per heavy atom. The Kier molecular flexibility index (Phi) is 4.18. The van der Waals surface area contributed by atoms with Crippen molar-refractivity contribution >= 4 is 11.7 Å². The van der Waals surface area contributed by atoms with Gasteiger partial charge in [-0.3, -0.25) is 4.79 Å². The minimum Gasteiger partial charge on any atom is -0.480 e. The van der Waals surface area contributed by atoms with Crippen molar-refractivity contribution in [1.29, 1.82) is 0 Å². The van der Waals surface area contributed by atoms with Crippen LogP contribution in [-0.4, -0.2) is 17.1 Å².